The van der Waals surface area contributed by atoms with Crippen molar-refractivity contribution in [2.45, 2.75) is 18.9 Å². The molecule has 0 spiro atoms. The highest BCUT2D eigenvalue weighted by molar-refractivity contribution is 5.86. The average molecular weight is 310 g/mol. The molecule has 0 aromatic heterocycles. The lowest BCUT2D eigenvalue weighted by Gasteiger charge is -2.25. The zero-order valence-corrected chi connectivity index (χ0v) is 13.4. The maximum absolute atomic E-state index is 12.9. The number of ether oxygens (including phenoxy) is 1. The minimum absolute atomic E-state index is 0.136. The van der Waals surface area contributed by atoms with Crippen molar-refractivity contribution in [2.75, 3.05) is 25.5 Å². The van der Waals surface area contributed by atoms with Crippen LogP contribution >= 0.6 is 0 Å². The van der Waals surface area contributed by atoms with Gasteiger partial charge in [0.05, 0.1) is 7.11 Å². The van der Waals surface area contributed by atoms with E-state index in [1.165, 1.54) is 0 Å². The van der Waals surface area contributed by atoms with E-state index in [9.17, 15) is 4.79 Å². The van der Waals surface area contributed by atoms with Crippen LogP contribution in [0.4, 0.5) is 5.69 Å². The summed E-state index contributed by atoms with van der Waals surface area (Å²) in [4.78, 5) is 14.9. The van der Waals surface area contributed by atoms with Crippen LogP contribution in [0.1, 0.15) is 24.4 Å². The summed E-state index contributed by atoms with van der Waals surface area (Å²) in [6.07, 6.45) is 2.18. The van der Waals surface area contributed by atoms with Gasteiger partial charge in [-0.05, 0) is 30.5 Å². The van der Waals surface area contributed by atoms with Gasteiger partial charge >= 0.3 is 0 Å². The van der Waals surface area contributed by atoms with E-state index < -0.39 is 0 Å². The van der Waals surface area contributed by atoms with Crippen LogP contribution in [0.5, 0.6) is 5.75 Å². The fourth-order valence-electron chi connectivity index (χ4n) is 2.93. The predicted molar refractivity (Wildman–Crippen MR) is 91.6 cm³/mol. The molecule has 1 fully saturated rings. The molecule has 1 heterocycles. The second-order valence-corrected chi connectivity index (χ2v) is 5.75. The van der Waals surface area contributed by atoms with Gasteiger partial charge in [0, 0.05) is 24.8 Å². The second-order valence-electron chi connectivity index (χ2n) is 5.75. The molecular weight excluding hydrogens is 288 g/mol. The molecule has 4 nitrogen and oxygen atoms in total. The summed E-state index contributed by atoms with van der Waals surface area (Å²) in [5.41, 5.74) is 1.86. The summed E-state index contributed by atoms with van der Waals surface area (Å²) < 4.78 is 5.27. The first kappa shape index (κ1) is 15.4. The molecule has 1 unspecified atom stereocenters. The van der Waals surface area contributed by atoms with E-state index in [0.717, 1.165) is 42.9 Å². The van der Waals surface area contributed by atoms with Gasteiger partial charge in [-0.1, -0.05) is 36.4 Å². The summed E-state index contributed by atoms with van der Waals surface area (Å²) in [5.74, 6) is 0.909. The number of hydrogen-bond acceptors (Lipinski definition) is 3. The van der Waals surface area contributed by atoms with Crippen molar-refractivity contribution in [1.29, 1.82) is 0 Å². The monoisotopic (exact) mass is 310 g/mol. The molecule has 2 aromatic rings. The van der Waals surface area contributed by atoms with E-state index in [1.54, 1.807) is 7.11 Å². The number of hydrogen-bond donors (Lipinski definition) is 1. The Morgan fingerprint density at radius 1 is 1.09 bits per heavy atom. The fraction of sp³-hybridized carbons (Fsp3) is 0.316. The number of benzene rings is 2. The average Bonchev–Trinajstić information content (AvgIpc) is 3.15. The number of carbonyl (C=O) groups excluding carboxylic acids is 1. The third kappa shape index (κ3) is 3.65. The van der Waals surface area contributed by atoms with Crippen LogP contribution in [0, 0.1) is 0 Å². The number of carbonyl (C=O) groups is 1. The fourth-order valence-corrected chi connectivity index (χ4v) is 2.93. The van der Waals surface area contributed by atoms with Gasteiger partial charge in [-0.25, -0.2) is 0 Å². The Morgan fingerprint density at radius 2 is 1.83 bits per heavy atom. The highest BCUT2D eigenvalue weighted by Gasteiger charge is 2.27. The van der Waals surface area contributed by atoms with Crippen molar-refractivity contribution in [3.05, 3.63) is 60.2 Å². The topological polar surface area (TPSA) is 41.6 Å². The second kappa shape index (κ2) is 7.18. The third-order valence-electron chi connectivity index (χ3n) is 4.18. The molecule has 0 aliphatic carbocycles. The van der Waals surface area contributed by atoms with Gasteiger partial charge in [-0.2, -0.15) is 0 Å². The number of nitrogens with one attached hydrogen (secondary N) is 1. The Kier molecular flexibility index (Phi) is 4.81. The Bertz CT molecular complexity index is 651. The van der Waals surface area contributed by atoms with Crippen LogP contribution in [0.25, 0.3) is 0 Å². The predicted octanol–water partition coefficient (Wildman–Crippen LogP) is 3.47. The van der Waals surface area contributed by atoms with Crippen molar-refractivity contribution in [2.24, 2.45) is 0 Å². The molecule has 120 valence electrons. The summed E-state index contributed by atoms with van der Waals surface area (Å²) >= 11 is 0. The molecule has 1 atom stereocenters. The van der Waals surface area contributed by atoms with Crippen molar-refractivity contribution in [3.63, 3.8) is 0 Å². The Balaban J connectivity index is 1.86. The molecular formula is C19H22N2O2. The highest BCUT2D eigenvalue weighted by atomic mass is 16.5. The summed E-state index contributed by atoms with van der Waals surface area (Å²) in [5, 5.41) is 3.38. The molecule has 1 amide bonds. The van der Waals surface area contributed by atoms with Crippen molar-refractivity contribution in [3.8, 4) is 5.75 Å². The van der Waals surface area contributed by atoms with Crippen LogP contribution < -0.4 is 10.1 Å². The maximum Gasteiger partial charge on any atom is 0.249 e. The first-order valence-electron chi connectivity index (χ1n) is 8.02. The van der Waals surface area contributed by atoms with E-state index in [4.69, 9.17) is 4.74 Å². The van der Waals surface area contributed by atoms with Gasteiger partial charge < -0.3 is 15.0 Å². The number of anilines is 1. The van der Waals surface area contributed by atoms with Crippen LogP contribution in [0.2, 0.25) is 0 Å². The number of likely N-dealkylation sites (tertiary alicyclic amines) is 1. The SMILES string of the molecule is COc1cccc(NC(C(=O)N2CCCC2)c2ccccc2)c1. The first-order valence-corrected chi connectivity index (χ1v) is 8.02. The van der Waals surface area contributed by atoms with E-state index >= 15 is 0 Å². The van der Waals surface area contributed by atoms with E-state index in [2.05, 4.69) is 5.32 Å². The smallest absolute Gasteiger partial charge is 0.249 e. The summed E-state index contributed by atoms with van der Waals surface area (Å²) in [6, 6.07) is 17.2. The molecule has 1 aliphatic rings. The van der Waals surface area contributed by atoms with Gasteiger partial charge in [0.25, 0.3) is 0 Å². The minimum Gasteiger partial charge on any atom is -0.497 e. The lowest BCUT2D eigenvalue weighted by molar-refractivity contribution is -0.131. The molecule has 1 N–H and O–H groups in total. The van der Waals surface area contributed by atoms with Gasteiger partial charge in [-0.15, -0.1) is 0 Å². The highest BCUT2D eigenvalue weighted by Crippen LogP contribution is 2.25. The molecule has 2 aromatic carbocycles. The maximum atomic E-state index is 12.9. The lowest BCUT2D eigenvalue weighted by atomic mass is 10.1. The molecule has 0 radical (unpaired) electrons. The van der Waals surface area contributed by atoms with Crippen LogP contribution in [-0.4, -0.2) is 31.0 Å². The molecule has 23 heavy (non-hydrogen) atoms. The zero-order valence-electron chi connectivity index (χ0n) is 13.4. The molecule has 1 aliphatic heterocycles. The molecule has 0 saturated carbocycles. The summed E-state index contributed by atoms with van der Waals surface area (Å²) in [6.45, 7) is 1.70. The van der Waals surface area contributed by atoms with E-state index in [0.29, 0.717) is 0 Å². The molecule has 0 bridgehead atoms. The van der Waals surface area contributed by atoms with Gasteiger partial charge in [-0.3, -0.25) is 4.79 Å². The van der Waals surface area contributed by atoms with E-state index in [-0.39, 0.29) is 11.9 Å². The number of nitrogens with zero attached hydrogens (tertiary/aromatic N) is 1. The Hall–Kier alpha value is -2.49. The molecule has 3 rings (SSSR count). The quantitative estimate of drug-likeness (QED) is 0.919. The van der Waals surface area contributed by atoms with E-state index in [1.807, 2.05) is 59.5 Å². The van der Waals surface area contributed by atoms with Crippen molar-refractivity contribution in [1.82, 2.24) is 4.90 Å². The standard InChI is InChI=1S/C19H22N2O2/c1-23-17-11-7-10-16(14-17)20-18(15-8-3-2-4-9-15)19(22)21-12-5-6-13-21/h2-4,7-11,14,18,20H,5-6,12-13H2,1H3. The van der Waals surface area contributed by atoms with Gasteiger partial charge in [0.2, 0.25) is 5.91 Å². The largest absolute Gasteiger partial charge is 0.497 e. The first-order chi connectivity index (χ1) is 11.3. The lowest BCUT2D eigenvalue weighted by Crippen LogP contribution is -2.36. The van der Waals surface area contributed by atoms with Gasteiger partial charge in [0.1, 0.15) is 11.8 Å². The number of rotatable bonds is 5. The normalized spacial score (nSPS) is 15.3. The van der Waals surface area contributed by atoms with Crippen molar-refractivity contribution >= 4 is 11.6 Å². The summed E-state index contributed by atoms with van der Waals surface area (Å²) in [7, 11) is 1.64. The van der Waals surface area contributed by atoms with Crippen LogP contribution in [-0.2, 0) is 4.79 Å². The number of methoxy groups -OCH3 is 1. The Morgan fingerprint density at radius 3 is 2.52 bits per heavy atom. The van der Waals surface area contributed by atoms with Crippen LogP contribution in [0.3, 0.4) is 0 Å². The number of amides is 1. The minimum atomic E-state index is -0.374. The van der Waals surface area contributed by atoms with Gasteiger partial charge in [0.15, 0.2) is 0 Å². The Labute approximate surface area is 137 Å². The van der Waals surface area contributed by atoms with Crippen molar-refractivity contribution < 1.29 is 9.53 Å². The molecule has 4 heteroatoms. The zero-order chi connectivity index (χ0) is 16.1. The third-order valence-corrected chi connectivity index (χ3v) is 4.18. The van der Waals surface area contributed by atoms with Crippen LogP contribution in [0.15, 0.2) is 54.6 Å². The molecule has 1 saturated heterocycles.